The van der Waals surface area contributed by atoms with Gasteiger partial charge in [0.05, 0.1) is 0 Å². The van der Waals surface area contributed by atoms with Crippen LogP contribution in [0.5, 0.6) is 0 Å². The molecule has 0 bridgehead atoms. The fourth-order valence-corrected chi connectivity index (χ4v) is 2.77. The van der Waals surface area contributed by atoms with Gasteiger partial charge in [0.1, 0.15) is 5.54 Å². The molecule has 1 fully saturated rings. The number of carbonyl (C=O) groups excluding carboxylic acids is 1. The lowest BCUT2D eigenvalue weighted by atomic mass is 9.81. The molecule has 0 unspecified atom stereocenters. The second kappa shape index (κ2) is 6.37. The predicted molar refractivity (Wildman–Crippen MR) is 76.2 cm³/mol. The van der Waals surface area contributed by atoms with E-state index in [-0.39, 0.29) is 11.8 Å². The lowest BCUT2D eigenvalue weighted by Crippen LogP contribution is -2.47. The van der Waals surface area contributed by atoms with Gasteiger partial charge in [-0.3, -0.25) is 4.79 Å². The fourth-order valence-electron chi connectivity index (χ4n) is 2.77. The number of aromatic nitrogens is 2. The molecule has 1 amide bonds. The van der Waals surface area contributed by atoms with Gasteiger partial charge in [0.15, 0.2) is 5.82 Å². The second-order valence-electron chi connectivity index (χ2n) is 6.05. The van der Waals surface area contributed by atoms with E-state index in [1.165, 1.54) is 6.42 Å². The lowest BCUT2D eigenvalue weighted by Gasteiger charge is -2.34. The molecule has 0 spiro atoms. The van der Waals surface area contributed by atoms with Crippen LogP contribution in [0.15, 0.2) is 4.52 Å². The first-order valence-corrected chi connectivity index (χ1v) is 7.72. The molecule has 1 aliphatic rings. The third-order valence-corrected chi connectivity index (χ3v) is 3.93. The van der Waals surface area contributed by atoms with E-state index in [9.17, 15) is 4.79 Å². The molecule has 20 heavy (non-hydrogen) atoms. The molecule has 1 aromatic rings. The van der Waals surface area contributed by atoms with Crippen LogP contribution in [0.1, 0.15) is 83.3 Å². The van der Waals surface area contributed by atoms with Crippen molar-refractivity contribution >= 4 is 5.91 Å². The van der Waals surface area contributed by atoms with Crippen LogP contribution < -0.4 is 5.32 Å². The number of amides is 1. The van der Waals surface area contributed by atoms with Crippen LogP contribution in [0.25, 0.3) is 0 Å². The molecule has 0 saturated heterocycles. The zero-order valence-electron chi connectivity index (χ0n) is 12.7. The topological polar surface area (TPSA) is 68.0 Å². The second-order valence-corrected chi connectivity index (χ2v) is 6.05. The van der Waals surface area contributed by atoms with E-state index in [4.69, 9.17) is 4.52 Å². The van der Waals surface area contributed by atoms with E-state index in [1.54, 1.807) is 0 Å². The molecule has 5 nitrogen and oxygen atoms in total. The summed E-state index contributed by atoms with van der Waals surface area (Å²) in [7, 11) is 0. The molecule has 1 aromatic heterocycles. The molecule has 0 radical (unpaired) electrons. The van der Waals surface area contributed by atoms with E-state index in [0.717, 1.165) is 37.9 Å². The number of hydrogen-bond acceptors (Lipinski definition) is 4. The number of rotatable bonds is 5. The van der Waals surface area contributed by atoms with E-state index < -0.39 is 5.54 Å². The van der Waals surface area contributed by atoms with Crippen LogP contribution in [-0.2, 0) is 10.3 Å². The first kappa shape index (κ1) is 15.0. The number of hydrogen-bond donors (Lipinski definition) is 1. The minimum Gasteiger partial charge on any atom is -0.342 e. The van der Waals surface area contributed by atoms with Gasteiger partial charge in [-0.1, -0.05) is 45.2 Å². The van der Waals surface area contributed by atoms with Crippen molar-refractivity contribution in [2.45, 2.75) is 77.2 Å². The highest BCUT2D eigenvalue weighted by molar-refractivity contribution is 5.76. The minimum absolute atomic E-state index is 0.0821. The highest BCUT2D eigenvalue weighted by atomic mass is 16.5. The van der Waals surface area contributed by atoms with Gasteiger partial charge in [0, 0.05) is 12.3 Å². The molecule has 0 aromatic carbocycles. The van der Waals surface area contributed by atoms with E-state index in [2.05, 4.69) is 15.5 Å². The van der Waals surface area contributed by atoms with Crippen LogP contribution in [0.2, 0.25) is 0 Å². The first-order valence-electron chi connectivity index (χ1n) is 7.72. The number of nitrogens with zero attached hydrogens (tertiary/aromatic N) is 2. The van der Waals surface area contributed by atoms with Crippen molar-refractivity contribution in [2.24, 2.45) is 0 Å². The van der Waals surface area contributed by atoms with Gasteiger partial charge in [-0.05, 0) is 19.3 Å². The smallest absolute Gasteiger partial charge is 0.252 e. The van der Waals surface area contributed by atoms with Gasteiger partial charge < -0.3 is 9.84 Å². The summed E-state index contributed by atoms with van der Waals surface area (Å²) in [6.45, 7) is 6.09. The summed E-state index contributed by atoms with van der Waals surface area (Å²) < 4.78 is 5.47. The Morgan fingerprint density at radius 2 is 2.05 bits per heavy atom. The average Bonchev–Trinajstić information content (AvgIpc) is 2.90. The molecule has 1 saturated carbocycles. The van der Waals surface area contributed by atoms with E-state index in [1.807, 2.05) is 20.8 Å². The molecule has 1 heterocycles. The minimum atomic E-state index is -0.440. The highest BCUT2D eigenvalue weighted by Crippen LogP contribution is 2.36. The van der Waals surface area contributed by atoms with Crippen molar-refractivity contribution in [3.05, 3.63) is 11.7 Å². The molecule has 0 atom stereocenters. The molecule has 0 aliphatic heterocycles. The molecule has 1 N–H and O–H groups in total. The third kappa shape index (κ3) is 3.19. The summed E-state index contributed by atoms with van der Waals surface area (Å²) in [5.41, 5.74) is -0.440. The Morgan fingerprint density at radius 3 is 2.60 bits per heavy atom. The summed E-state index contributed by atoms with van der Waals surface area (Å²) >= 11 is 0. The zero-order valence-corrected chi connectivity index (χ0v) is 12.7. The van der Waals surface area contributed by atoms with E-state index >= 15 is 0 Å². The van der Waals surface area contributed by atoms with E-state index in [0.29, 0.717) is 12.3 Å². The maximum Gasteiger partial charge on any atom is 0.252 e. The lowest BCUT2D eigenvalue weighted by molar-refractivity contribution is -0.124. The first-order chi connectivity index (χ1) is 9.57. The van der Waals surface area contributed by atoms with Gasteiger partial charge >= 0.3 is 0 Å². The van der Waals surface area contributed by atoms with Crippen LogP contribution in [0, 0.1) is 0 Å². The van der Waals surface area contributed by atoms with Gasteiger partial charge in [-0.15, -0.1) is 0 Å². The summed E-state index contributed by atoms with van der Waals surface area (Å²) in [6, 6.07) is 0. The summed E-state index contributed by atoms with van der Waals surface area (Å²) in [6.07, 6.45) is 6.56. The molecule has 112 valence electrons. The Hall–Kier alpha value is -1.39. The van der Waals surface area contributed by atoms with Crippen molar-refractivity contribution < 1.29 is 9.32 Å². The Labute approximate surface area is 120 Å². The monoisotopic (exact) mass is 279 g/mol. The number of nitrogens with one attached hydrogen (secondary N) is 1. The van der Waals surface area contributed by atoms with Crippen molar-refractivity contribution in [1.29, 1.82) is 0 Å². The highest BCUT2D eigenvalue weighted by Gasteiger charge is 2.40. The average molecular weight is 279 g/mol. The maximum atomic E-state index is 12.0. The standard InChI is InChI=1S/C15H25N3O2/c1-4-8-12(19)17-15(9-6-5-7-10-15)14-16-13(11(2)3)18-20-14/h11H,4-10H2,1-3H3,(H,17,19). The van der Waals surface area contributed by atoms with Crippen LogP contribution in [0.4, 0.5) is 0 Å². The number of carbonyl (C=O) groups is 1. The van der Waals surface area contributed by atoms with Crippen molar-refractivity contribution in [3.63, 3.8) is 0 Å². The van der Waals surface area contributed by atoms with Gasteiger partial charge in [-0.25, -0.2) is 0 Å². The van der Waals surface area contributed by atoms with Crippen molar-refractivity contribution in [1.82, 2.24) is 15.5 Å². The Kier molecular flexibility index (Phi) is 4.78. The Morgan fingerprint density at radius 1 is 1.35 bits per heavy atom. The van der Waals surface area contributed by atoms with Gasteiger partial charge in [0.25, 0.3) is 5.89 Å². The van der Waals surface area contributed by atoms with Crippen LogP contribution >= 0.6 is 0 Å². The normalized spacial score (nSPS) is 18.2. The van der Waals surface area contributed by atoms with Gasteiger partial charge in [0.2, 0.25) is 5.91 Å². The van der Waals surface area contributed by atoms with Crippen LogP contribution in [-0.4, -0.2) is 16.0 Å². The van der Waals surface area contributed by atoms with Crippen LogP contribution in [0.3, 0.4) is 0 Å². The zero-order chi connectivity index (χ0) is 14.6. The molecule has 5 heteroatoms. The maximum absolute atomic E-state index is 12.0. The Balaban J connectivity index is 2.23. The third-order valence-electron chi connectivity index (χ3n) is 3.93. The quantitative estimate of drug-likeness (QED) is 0.898. The molecular weight excluding hydrogens is 254 g/mol. The molecule has 2 rings (SSSR count). The summed E-state index contributed by atoms with van der Waals surface area (Å²) in [5, 5.41) is 7.22. The Bertz CT molecular complexity index is 448. The SMILES string of the molecule is CCCC(=O)NC1(c2nc(C(C)C)no2)CCCCC1. The van der Waals surface area contributed by atoms with Crippen molar-refractivity contribution in [2.75, 3.05) is 0 Å². The summed E-state index contributed by atoms with van der Waals surface area (Å²) in [5.74, 6) is 1.62. The van der Waals surface area contributed by atoms with Gasteiger partial charge in [-0.2, -0.15) is 4.98 Å². The fraction of sp³-hybridized carbons (Fsp3) is 0.800. The largest absolute Gasteiger partial charge is 0.342 e. The molecular formula is C15H25N3O2. The molecule has 1 aliphatic carbocycles. The summed E-state index contributed by atoms with van der Waals surface area (Å²) in [4.78, 5) is 16.6. The van der Waals surface area contributed by atoms with Crippen molar-refractivity contribution in [3.8, 4) is 0 Å². The predicted octanol–water partition coefficient (Wildman–Crippen LogP) is 3.27.